The average molecular weight is 422 g/mol. The molecular weight excluding hydrogens is 394 g/mol. The van der Waals surface area contributed by atoms with Crippen LogP contribution in [-0.2, 0) is 6.42 Å². The van der Waals surface area contributed by atoms with Gasteiger partial charge in [0, 0.05) is 31.1 Å². The van der Waals surface area contributed by atoms with Crippen molar-refractivity contribution in [3.8, 4) is 0 Å². The van der Waals surface area contributed by atoms with Crippen LogP contribution in [0.2, 0.25) is 5.02 Å². The van der Waals surface area contributed by atoms with E-state index < -0.39 is 0 Å². The van der Waals surface area contributed by atoms with Crippen molar-refractivity contribution >= 4 is 29.2 Å². The van der Waals surface area contributed by atoms with Gasteiger partial charge in [-0.05, 0) is 30.5 Å². The van der Waals surface area contributed by atoms with E-state index in [-0.39, 0.29) is 22.9 Å². The Morgan fingerprint density at radius 1 is 1.17 bits per heavy atom. The molecule has 8 nitrogen and oxygen atoms in total. The minimum atomic E-state index is -0.355. The molecule has 158 valence electrons. The molecule has 0 aliphatic rings. The summed E-state index contributed by atoms with van der Waals surface area (Å²) in [7, 11) is 0. The molecule has 0 spiro atoms. The molecule has 1 heterocycles. The summed E-state index contributed by atoms with van der Waals surface area (Å²) < 4.78 is 5.17. The molecule has 29 heavy (non-hydrogen) atoms. The average Bonchev–Trinajstić information content (AvgIpc) is 3.13. The van der Waals surface area contributed by atoms with E-state index in [4.69, 9.17) is 16.1 Å². The highest BCUT2D eigenvalue weighted by Crippen LogP contribution is 2.21. The Morgan fingerprint density at radius 2 is 1.93 bits per heavy atom. The Labute approximate surface area is 175 Å². The Hall–Kier alpha value is -2.61. The number of carbonyl (C=O) groups excluding carboxylic acids is 2. The Bertz CT molecular complexity index is 835. The Morgan fingerprint density at radius 3 is 2.55 bits per heavy atom. The summed E-state index contributed by atoms with van der Waals surface area (Å²) in [6, 6.07) is 4.43. The molecule has 0 unspecified atom stereocenters. The van der Waals surface area contributed by atoms with E-state index in [1.807, 2.05) is 27.7 Å². The zero-order valence-electron chi connectivity index (χ0n) is 17.2. The van der Waals surface area contributed by atoms with Crippen LogP contribution in [0.5, 0.6) is 0 Å². The molecule has 2 aromatic rings. The molecule has 2 rings (SSSR count). The molecule has 1 aromatic carbocycles. The highest BCUT2D eigenvalue weighted by Gasteiger charge is 2.12. The number of aryl methyl sites for hydroxylation is 1. The number of urea groups is 1. The molecule has 0 saturated heterocycles. The molecule has 0 aliphatic carbocycles. The van der Waals surface area contributed by atoms with Crippen molar-refractivity contribution in [2.24, 2.45) is 5.92 Å². The third-order valence-electron chi connectivity index (χ3n) is 4.00. The third kappa shape index (κ3) is 7.38. The van der Waals surface area contributed by atoms with E-state index in [1.165, 1.54) is 0 Å². The van der Waals surface area contributed by atoms with Gasteiger partial charge < -0.3 is 20.5 Å². The lowest BCUT2D eigenvalue weighted by atomic mass is 10.1. The van der Waals surface area contributed by atoms with Crippen LogP contribution in [-0.4, -0.2) is 35.2 Å². The van der Waals surface area contributed by atoms with Gasteiger partial charge in [0.15, 0.2) is 5.82 Å². The molecule has 0 radical (unpaired) electrons. The minimum absolute atomic E-state index is 0.218. The number of amides is 3. The van der Waals surface area contributed by atoms with Crippen LogP contribution >= 0.6 is 11.6 Å². The van der Waals surface area contributed by atoms with Gasteiger partial charge in [-0.2, -0.15) is 4.98 Å². The lowest BCUT2D eigenvalue weighted by molar-refractivity contribution is 0.0949. The van der Waals surface area contributed by atoms with E-state index >= 15 is 0 Å². The van der Waals surface area contributed by atoms with Crippen LogP contribution in [0.25, 0.3) is 0 Å². The molecule has 1 aromatic heterocycles. The first-order valence-electron chi connectivity index (χ1n) is 9.71. The van der Waals surface area contributed by atoms with Crippen LogP contribution in [0.1, 0.15) is 62.1 Å². The molecular formula is C20H28ClN5O3. The van der Waals surface area contributed by atoms with Crippen molar-refractivity contribution in [1.82, 2.24) is 20.8 Å². The molecule has 0 atom stereocenters. The molecule has 3 N–H and O–H groups in total. The van der Waals surface area contributed by atoms with Crippen molar-refractivity contribution < 1.29 is 14.1 Å². The first kappa shape index (κ1) is 22.7. The van der Waals surface area contributed by atoms with Crippen molar-refractivity contribution in [3.63, 3.8) is 0 Å². The fourth-order valence-electron chi connectivity index (χ4n) is 2.39. The summed E-state index contributed by atoms with van der Waals surface area (Å²) in [5.74, 6) is 1.58. The van der Waals surface area contributed by atoms with Crippen molar-refractivity contribution in [2.75, 3.05) is 18.4 Å². The van der Waals surface area contributed by atoms with Crippen LogP contribution in [0.15, 0.2) is 22.7 Å². The lowest BCUT2D eigenvalue weighted by Crippen LogP contribution is -2.30. The van der Waals surface area contributed by atoms with Gasteiger partial charge in [-0.1, -0.05) is 44.5 Å². The second-order valence-electron chi connectivity index (χ2n) is 7.48. The van der Waals surface area contributed by atoms with E-state index in [0.29, 0.717) is 54.8 Å². The SMILES string of the molecule is CC(C)CNC(=O)c1ccc(NC(=O)NCCCc2nc(C(C)C)no2)cc1Cl. The Kier molecular flexibility index (Phi) is 8.45. The predicted octanol–water partition coefficient (Wildman–Crippen LogP) is 3.99. The quantitative estimate of drug-likeness (QED) is 0.530. The number of hydrogen-bond donors (Lipinski definition) is 3. The van der Waals surface area contributed by atoms with Crippen molar-refractivity contribution in [3.05, 3.63) is 40.5 Å². The molecule has 0 aliphatic heterocycles. The fraction of sp³-hybridized carbons (Fsp3) is 0.500. The molecule has 0 fully saturated rings. The molecule has 9 heteroatoms. The van der Waals surface area contributed by atoms with Crippen molar-refractivity contribution in [2.45, 2.75) is 46.5 Å². The number of carbonyl (C=O) groups is 2. The second kappa shape index (κ2) is 10.8. The zero-order valence-corrected chi connectivity index (χ0v) is 18.0. The summed E-state index contributed by atoms with van der Waals surface area (Å²) in [5, 5.41) is 12.5. The summed E-state index contributed by atoms with van der Waals surface area (Å²) in [5.41, 5.74) is 0.880. The second-order valence-corrected chi connectivity index (χ2v) is 7.89. The number of nitrogens with one attached hydrogen (secondary N) is 3. The third-order valence-corrected chi connectivity index (χ3v) is 4.31. The van der Waals surface area contributed by atoms with E-state index in [2.05, 4.69) is 26.1 Å². The normalized spacial score (nSPS) is 11.0. The van der Waals surface area contributed by atoms with Gasteiger partial charge in [-0.25, -0.2) is 4.79 Å². The highest BCUT2D eigenvalue weighted by atomic mass is 35.5. The standard InChI is InChI=1S/C20H28ClN5O3/c1-12(2)11-23-19(27)15-8-7-14(10-16(15)21)24-20(28)22-9-5-6-17-25-18(13(3)4)26-29-17/h7-8,10,12-13H,5-6,9,11H2,1-4H3,(H,23,27)(H2,22,24,28). The van der Waals surface area contributed by atoms with Crippen LogP contribution in [0.4, 0.5) is 10.5 Å². The predicted molar refractivity (Wildman–Crippen MR) is 112 cm³/mol. The summed E-state index contributed by atoms with van der Waals surface area (Å²) in [6.45, 7) is 9.04. The van der Waals surface area contributed by atoms with Gasteiger partial charge in [0.1, 0.15) is 0 Å². The number of anilines is 1. The van der Waals surface area contributed by atoms with E-state index in [9.17, 15) is 9.59 Å². The number of aromatic nitrogens is 2. The first-order chi connectivity index (χ1) is 13.8. The molecule has 3 amide bonds. The molecule has 0 saturated carbocycles. The lowest BCUT2D eigenvalue weighted by Gasteiger charge is -2.11. The van der Waals surface area contributed by atoms with Gasteiger partial charge in [0.2, 0.25) is 5.89 Å². The van der Waals surface area contributed by atoms with Crippen LogP contribution < -0.4 is 16.0 Å². The van der Waals surface area contributed by atoms with E-state index in [0.717, 1.165) is 0 Å². The first-order valence-corrected chi connectivity index (χ1v) is 10.1. The minimum Gasteiger partial charge on any atom is -0.352 e. The number of hydrogen-bond acceptors (Lipinski definition) is 5. The van der Waals surface area contributed by atoms with Gasteiger partial charge >= 0.3 is 6.03 Å². The highest BCUT2D eigenvalue weighted by molar-refractivity contribution is 6.34. The maximum Gasteiger partial charge on any atom is 0.319 e. The number of benzene rings is 1. The van der Waals surface area contributed by atoms with Crippen LogP contribution in [0, 0.1) is 5.92 Å². The maximum absolute atomic E-state index is 12.1. The van der Waals surface area contributed by atoms with Gasteiger partial charge in [-0.3, -0.25) is 4.79 Å². The zero-order chi connectivity index (χ0) is 21.4. The topological polar surface area (TPSA) is 109 Å². The maximum atomic E-state index is 12.1. The monoisotopic (exact) mass is 421 g/mol. The summed E-state index contributed by atoms with van der Waals surface area (Å²) in [6.07, 6.45) is 1.26. The van der Waals surface area contributed by atoms with E-state index in [1.54, 1.807) is 18.2 Å². The summed E-state index contributed by atoms with van der Waals surface area (Å²) in [4.78, 5) is 28.4. The largest absolute Gasteiger partial charge is 0.352 e. The number of halogens is 1. The fourth-order valence-corrected chi connectivity index (χ4v) is 2.66. The van der Waals surface area contributed by atoms with Gasteiger partial charge in [0.25, 0.3) is 5.91 Å². The van der Waals surface area contributed by atoms with Crippen molar-refractivity contribution in [1.29, 1.82) is 0 Å². The number of nitrogens with zero attached hydrogens (tertiary/aromatic N) is 2. The van der Waals surface area contributed by atoms with Gasteiger partial charge in [0.05, 0.1) is 10.6 Å². The Balaban J connectivity index is 1.76. The van der Waals surface area contributed by atoms with Gasteiger partial charge in [-0.15, -0.1) is 0 Å². The molecule has 0 bridgehead atoms. The number of rotatable bonds is 9. The summed E-state index contributed by atoms with van der Waals surface area (Å²) >= 11 is 6.19. The van der Waals surface area contributed by atoms with Crippen LogP contribution in [0.3, 0.4) is 0 Å². The smallest absolute Gasteiger partial charge is 0.319 e.